The van der Waals surface area contributed by atoms with Gasteiger partial charge in [0.15, 0.2) is 0 Å². The highest BCUT2D eigenvalue weighted by molar-refractivity contribution is 4.57. The molecule has 0 radical (unpaired) electrons. The van der Waals surface area contributed by atoms with E-state index in [1.807, 2.05) is 20.8 Å². The second-order valence-corrected chi connectivity index (χ2v) is 7.78. The van der Waals surface area contributed by atoms with Gasteiger partial charge in [0, 0.05) is 13.2 Å². The normalized spacial score (nSPS) is 12.8. The first-order chi connectivity index (χ1) is 11.2. The Labute approximate surface area is 148 Å². The number of hydrogen-bond donors (Lipinski definition) is 0. The fourth-order valence-corrected chi connectivity index (χ4v) is 1.65. The summed E-state index contributed by atoms with van der Waals surface area (Å²) in [7, 11) is 6.47. The summed E-state index contributed by atoms with van der Waals surface area (Å²) in [6.07, 6.45) is 0.895. The molecule has 0 aromatic rings. The van der Waals surface area contributed by atoms with Gasteiger partial charge in [0.1, 0.15) is 6.54 Å². The van der Waals surface area contributed by atoms with Crippen molar-refractivity contribution in [1.82, 2.24) is 0 Å². The van der Waals surface area contributed by atoms with Gasteiger partial charge in [-0.3, -0.25) is 0 Å². The Morgan fingerprint density at radius 3 is 1.46 bits per heavy atom. The predicted molar refractivity (Wildman–Crippen MR) is 96.5 cm³/mol. The van der Waals surface area contributed by atoms with Crippen LogP contribution in [-0.2, 0) is 23.7 Å². The molecule has 0 N–H and O–H groups in total. The Morgan fingerprint density at radius 1 is 0.583 bits per heavy atom. The van der Waals surface area contributed by atoms with E-state index in [-0.39, 0.29) is 5.60 Å². The monoisotopic (exact) mass is 350 g/mol. The molecule has 24 heavy (non-hydrogen) atoms. The van der Waals surface area contributed by atoms with E-state index in [2.05, 4.69) is 21.1 Å². The van der Waals surface area contributed by atoms with Gasteiger partial charge >= 0.3 is 0 Å². The predicted octanol–water partition coefficient (Wildman–Crippen LogP) is 1.96. The van der Waals surface area contributed by atoms with Crippen molar-refractivity contribution >= 4 is 0 Å². The molecule has 0 aromatic carbocycles. The Kier molecular flexibility index (Phi) is 13.8. The van der Waals surface area contributed by atoms with Gasteiger partial charge in [-0.05, 0) is 27.2 Å². The minimum Gasteiger partial charge on any atom is -0.379 e. The van der Waals surface area contributed by atoms with Gasteiger partial charge in [-0.25, -0.2) is 0 Å². The van der Waals surface area contributed by atoms with Crippen molar-refractivity contribution in [1.29, 1.82) is 0 Å². The van der Waals surface area contributed by atoms with Crippen molar-refractivity contribution in [2.75, 3.05) is 87.1 Å². The summed E-state index contributed by atoms with van der Waals surface area (Å²) < 4.78 is 28.4. The largest absolute Gasteiger partial charge is 0.379 e. The summed E-state index contributed by atoms with van der Waals surface area (Å²) in [4.78, 5) is 0. The quantitative estimate of drug-likeness (QED) is 0.315. The second-order valence-electron chi connectivity index (χ2n) is 7.78. The van der Waals surface area contributed by atoms with Crippen LogP contribution in [0.5, 0.6) is 0 Å². The molecule has 6 heteroatoms. The van der Waals surface area contributed by atoms with Crippen LogP contribution in [0.3, 0.4) is 0 Å². The molecule has 146 valence electrons. The highest BCUT2D eigenvalue weighted by Crippen LogP contribution is 2.05. The first-order valence-electron chi connectivity index (χ1n) is 8.96. The molecule has 0 aliphatic heterocycles. The van der Waals surface area contributed by atoms with E-state index in [1.165, 1.54) is 0 Å². The molecule has 0 unspecified atom stereocenters. The lowest BCUT2D eigenvalue weighted by atomic mass is 10.2. The van der Waals surface area contributed by atoms with Crippen LogP contribution in [0.25, 0.3) is 0 Å². The molecule has 0 amide bonds. The number of quaternary nitrogens is 1. The van der Waals surface area contributed by atoms with E-state index in [4.69, 9.17) is 23.7 Å². The van der Waals surface area contributed by atoms with Gasteiger partial charge in [0.05, 0.1) is 73.0 Å². The van der Waals surface area contributed by atoms with Crippen LogP contribution >= 0.6 is 0 Å². The fraction of sp³-hybridized carbons (Fsp3) is 1.00. The average Bonchev–Trinajstić information content (AvgIpc) is 2.44. The third kappa shape index (κ3) is 21.8. The number of ether oxygens (including phenoxy) is 5. The summed E-state index contributed by atoms with van der Waals surface area (Å²) in [5, 5.41) is 0. The smallest absolute Gasteiger partial charge is 0.102 e. The molecule has 0 atom stereocenters. The SMILES string of the molecule is CC(C)(C)OCCOCCOCCCOCCOCC[N+](C)(C)C. The molecule has 0 aliphatic rings. The van der Waals surface area contributed by atoms with Crippen molar-refractivity contribution in [3.63, 3.8) is 0 Å². The van der Waals surface area contributed by atoms with E-state index in [9.17, 15) is 0 Å². The van der Waals surface area contributed by atoms with Crippen molar-refractivity contribution in [2.45, 2.75) is 32.8 Å². The van der Waals surface area contributed by atoms with Gasteiger partial charge in [0.25, 0.3) is 0 Å². The summed E-state index contributed by atoms with van der Waals surface area (Å²) in [5.41, 5.74) is -0.100. The van der Waals surface area contributed by atoms with Crippen molar-refractivity contribution in [3.05, 3.63) is 0 Å². The lowest BCUT2D eigenvalue weighted by Crippen LogP contribution is -2.37. The maximum absolute atomic E-state index is 5.56. The zero-order valence-electron chi connectivity index (χ0n) is 16.8. The average molecular weight is 351 g/mol. The van der Waals surface area contributed by atoms with Crippen LogP contribution in [0.15, 0.2) is 0 Å². The number of rotatable bonds is 16. The van der Waals surface area contributed by atoms with Gasteiger partial charge in [0.2, 0.25) is 0 Å². The molecular weight excluding hydrogens is 310 g/mol. The van der Waals surface area contributed by atoms with Gasteiger partial charge in [-0.2, -0.15) is 0 Å². The maximum atomic E-state index is 5.56. The molecule has 0 rings (SSSR count). The third-order valence-corrected chi connectivity index (χ3v) is 2.99. The van der Waals surface area contributed by atoms with E-state index in [0.29, 0.717) is 52.9 Å². The third-order valence-electron chi connectivity index (χ3n) is 2.99. The standard InChI is InChI=1S/C18H40NO5/c1-18(2,3)24-17-16-23-15-13-21-10-7-9-20-12-14-22-11-8-19(4,5)6/h7-17H2,1-6H3/q+1. The van der Waals surface area contributed by atoms with E-state index >= 15 is 0 Å². The van der Waals surface area contributed by atoms with Gasteiger partial charge in [-0.1, -0.05) is 0 Å². The summed E-state index contributed by atoms with van der Waals surface area (Å²) >= 11 is 0. The Morgan fingerprint density at radius 2 is 1.00 bits per heavy atom. The van der Waals surface area contributed by atoms with Crippen LogP contribution < -0.4 is 0 Å². The van der Waals surface area contributed by atoms with E-state index in [0.717, 1.165) is 24.1 Å². The summed E-state index contributed by atoms with van der Waals surface area (Å²) in [6.45, 7) is 13.1. The van der Waals surface area contributed by atoms with Crippen LogP contribution in [0.4, 0.5) is 0 Å². The Hall–Kier alpha value is -0.240. The maximum Gasteiger partial charge on any atom is 0.102 e. The van der Waals surface area contributed by atoms with E-state index < -0.39 is 0 Å². The van der Waals surface area contributed by atoms with Crippen molar-refractivity contribution in [3.8, 4) is 0 Å². The molecule has 6 nitrogen and oxygen atoms in total. The first-order valence-corrected chi connectivity index (χ1v) is 8.96. The molecule has 0 heterocycles. The number of nitrogens with zero attached hydrogens (tertiary/aromatic N) is 1. The molecule has 0 saturated carbocycles. The van der Waals surface area contributed by atoms with Gasteiger partial charge in [-0.15, -0.1) is 0 Å². The van der Waals surface area contributed by atoms with Crippen LogP contribution in [0.2, 0.25) is 0 Å². The summed E-state index contributed by atoms with van der Waals surface area (Å²) in [5.74, 6) is 0. The van der Waals surface area contributed by atoms with Crippen molar-refractivity contribution < 1.29 is 28.2 Å². The summed E-state index contributed by atoms with van der Waals surface area (Å²) in [6, 6.07) is 0. The minimum atomic E-state index is -0.100. The number of likely N-dealkylation sites (N-methyl/N-ethyl adjacent to an activating group) is 1. The van der Waals surface area contributed by atoms with Crippen LogP contribution in [-0.4, -0.2) is 97.2 Å². The van der Waals surface area contributed by atoms with E-state index in [1.54, 1.807) is 0 Å². The first kappa shape index (κ1) is 23.8. The molecule has 0 saturated heterocycles. The highest BCUT2D eigenvalue weighted by atomic mass is 16.6. The topological polar surface area (TPSA) is 46.2 Å². The van der Waals surface area contributed by atoms with Crippen LogP contribution in [0.1, 0.15) is 27.2 Å². The second kappa shape index (κ2) is 14.0. The number of hydrogen-bond acceptors (Lipinski definition) is 5. The van der Waals surface area contributed by atoms with Crippen molar-refractivity contribution in [2.24, 2.45) is 0 Å². The molecule has 0 aliphatic carbocycles. The molecule has 0 fully saturated rings. The fourth-order valence-electron chi connectivity index (χ4n) is 1.65. The molecular formula is C18H40NO5+. The Bertz CT molecular complexity index is 246. The molecule has 0 aromatic heterocycles. The molecule has 0 spiro atoms. The Balaban J connectivity index is 3.08. The molecule has 0 bridgehead atoms. The highest BCUT2D eigenvalue weighted by Gasteiger charge is 2.08. The lowest BCUT2D eigenvalue weighted by Gasteiger charge is -2.23. The van der Waals surface area contributed by atoms with Crippen LogP contribution in [0, 0.1) is 0 Å². The lowest BCUT2D eigenvalue weighted by molar-refractivity contribution is -0.870. The van der Waals surface area contributed by atoms with Gasteiger partial charge < -0.3 is 28.2 Å². The zero-order valence-corrected chi connectivity index (χ0v) is 16.8. The minimum absolute atomic E-state index is 0.100. The zero-order chi connectivity index (χ0) is 18.3.